The van der Waals surface area contributed by atoms with Crippen molar-refractivity contribution < 1.29 is 4.74 Å². The Morgan fingerprint density at radius 1 is 1.41 bits per heavy atom. The van der Waals surface area contributed by atoms with Crippen molar-refractivity contribution >= 4 is 0 Å². The molecule has 1 aliphatic heterocycles. The predicted octanol–water partition coefficient (Wildman–Crippen LogP) is 1.91. The Kier molecular flexibility index (Phi) is 4.59. The van der Waals surface area contributed by atoms with Crippen LogP contribution in [0.25, 0.3) is 0 Å². The molecule has 120 valence electrons. The van der Waals surface area contributed by atoms with Gasteiger partial charge >= 0.3 is 0 Å². The summed E-state index contributed by atoms with van der Waals surface area (Å²) >= 11 is 0. The average molecular weight is 303 g/mol. The van der Waals surface area contributed by atoms with E-state index in [2.05, 4.69) is 37.1 Å². The molecule has 0 amide bonds. The first kappa shape index (κ1) is 15.2. The van der Waals surface area contributed by atoms with Gasteiger partial charge in [-0.25, -0.2) is 9.97 Å². The normalized spacial score (nSPS) is 19.7. The van der Waals surface area contributed by atoms with E-state index in [0.29, 0.717) is 0 Å². The largest absolute Gasteiger partial charge is 0.368 e. The highest BCUT2D eigenvalue weighted by Gasteiger charge is 2.26. The molecular weight excluding hydrogens is 278 g/mol. The quantitative estimate of drug-likeness (QED) is 0.846. The lowest BCUT2D eigenvalue weighted by Crippen LogP contribution is -2.39. The minimum atomic E-state index is 0.0436. The second-order valence-electron chi connectivity index (χ2n) is 5.98. The molecule has 1 fully saturated rings. The van der Waals surface area contributed by atoms with Gasteiger partial charge in [0, 0.05) is 45.3 Å². The summed E-state index contributed by atoms with van der Waals surface area (Å²) in [5.74, 6) is 2.15. The maximum atomic E-state index is 5.93. The van der Waals surface area contributed by atoms with Gasteiger partial charge in [-0.05, 0) is 13.3 Å². The standard InChI is InChI=1S/C16H25N5O/c1-4-6-21-7-5-17-15(21)12-20-8-9-22-14(11-20)16-18-13(2)10-19(16)3/h5,7,10,14H,4,6,8-9,11-12H2,1-3H3. The summed E-state index contributed by atoms with van der Waals surface area (Å²) in [6, 6.07) is 0. The summed E-state index contributed by atoms with van der Waals surface area (Å²) in [5, 5.41) is 0. The van der Waals surface area contributed by atoms with Crippen molar-refractivity contribution in [2.24, 2.45) is 7.05 Å². The van der Waals surface area contributed by atoms with Crippen LogP contribution in [0.15, 0.2) is 18.6 Å². The van der Waals surface area contributed by atoms with Crippen LogP contribution in [0.3, 0.4) is 0 Å². The third-order valence-electron chi connectivity index (χ3n) is 4.10. The molecule has 0 aromatic carbocycles. The summed E-state index contributed by atoms with van der Waals surface area (Å²) in [4.78, 5) is 11.5. The number of hydrogen-bond acceptors (Lipinski definition) is 4. The van der Waals surface area contributed by atoms with E-state index in [1.807, 2.05) is 26.4 Å². The van der Waals surface area contributed by atoms with Gasteiger partial charge in [0.2, 0.25) is 0 Å². The first-order valence-corrected chi connectivity index (χ1v) is 8.01. The molecule has 1 saturated heterocycles. The first-order valence-electron chi connectivity index (χ1n) is 8.01. The molecule has 0 spiro atoms. The molecule has 1 unspecified atom stereocenters. The van der Waals surface area contributed by atoms with Crippen LogP contribution in [-0.2, 0) is 24.9 Å². The van der Waals surface area contributed by atoms with E-state index in [9.17, 15) is 0 Å². The van der Waals surface area contributed by atoms with Crippen molar-refractivity contribution in [3.8, 4) is 0 Å². The lowest BCUT2D eigenvalue weighted by molar-refractivity contribution is -0.0394. The number of ether oxygens (including phenoxy) is 1. The third kappa shape index (κ3) is 3.23. The zero-order valence-corrected chi connectivity index (χ0v) is 13.7. The first-order chi connectivity index (χ1) is 10.7. The molecule has 0 saturated carbocycles. The zero-order valence-electron chi connectivity index (χ0n) is 13.7. The zero-order chi connectivity index (χ0) is 15.5. The minimum Gasteiger partial charge on any atom is -0.368 e. The molecule has 0 aliphatic carbocycles. The van der Waals surface area contributed by atoms with Crippen molar-refractivity contribution in [3.63, 3.8) is 0 Å². The number of aryl methyl sites for hydroxylation is 3. The average Bonchev–Trinajstić information content (AvgIpc) is 3.06. The Hall–Kier alpha value is -1.66. The van der Waals surface area contributed by atoms with E-state index in [1.54, 1.807) is 0 Å². The molecule has 1 atom stereocenters. The second-order valence-corrected chi connectivity index (χ2v) is 5.98. The fourth-order valence-corrected chi connectivity index (χ4v) is 3.07. The molecule has 6 nitrogen and oxygen atoms in total. The maximum absolute atomic E-state index is 5.93. The number of morpholine rings is 1. The van der Waals surface area contributed by atoms with Crippen LogP contribution in [-0.4, -0.2) is 43.7 Å². The Morgan fingerprint density at radius 3 is 3.00 bits per heavy atom. The lowest BCUT2D eigenvalue weighted by atomic mass is 10.2. The summed E-state index contributed by atoms with van der Waals surface area (Å²) in [5.41, 5.74) is 1.04. The number of rotatable bonds is 5. The van der Waals surface area contributed by atoms with Gasteiger partial charge in [-0.2, -0.15) is 0 Å². The smallest absolute Gasteiger partial charge is 0.139 e. The lowest BCUT2D eigenvalue weighted by Gasteiger charge is -2.32. The number of hydrogen-bond donors (Lipinski definition) is 0. The predicted molar refractivity (Wildman–Crippen MR) is 84.4 cm³/mol. The maximum Gasteiger partial charge on any atom is 0.139 e. The van der Waals surface area contributed by atoms with Crippen molar-refractivity contribution in [2.75, 3.05) is 19.7 Å². The Morgan fingerprint density at radius 2 is 2.27 bits per heavy atom. The molecule has 0 radical (unpaired) electrons. The van der Waals surface area contributed by atoms with Gasteiger partial charge in [-0.1, -0.05) is 6.92 Å². The van der Waals surface area contributed by atoms with E-state index in [-0.39, 0.29) is 6.10 Å². The second kappa shape index (κ2) is 6.62. The minimum absolute atomic E-state index is 0.0436. The highest BCUT2D eigenvalue weighted by atomic mass is 16.5. The molecule has 0 N–H and O–H groups in total. The van der Waals surface area contributed by atoms with Crippen LogP contribution in [0.5, 0.6) is 0 Å². The fraction of sp³-hybridized carbons (Fsp3) is 0.625. The van der Waals surface area contributed by atoms with Crippen LogP contribution in [0.4, 0.5) is 0 Å². The van der Waals surface area contributed by atoms with Gasteiger partial charge in [-0.3, -0.25) is 4.90 Å². The summed E-state index contributed by atoms with van der Waals surface area (Å²) in [6.07, 6.45) is 7.18. The molecule has 3 rings (SSSR count). The van der Waals surface area contributed by atoms with Gasteiger partial charge in [0.1, 0.15) is 17.8 Å². The van der Waals surface area contributed by atoms with Crippen molar-refractivity contribution in [1.82, 2.24) is 24.0 Å². The van der Waals surface area contributed by atoms with Gasteiger partial charge in [0.25, 0.3) is 0 Å². The SMILES string of the molecule is CCCn1ccnc1CN1CCOC(c2nc(C)cn2C)C1. The van der Waals surface area contributed by atoms with Crippen LogP contribution in [0.1, 0.15) is 36.8 Å². The van der Waals surface area contributed by atoms with Crippen LogP contribution in [0, 0.1) is 6.92 Å². The molecule has 2 aromatic rings. The number of imidazole rings is 2. The highest BCUT2D eigenvalue weighted by Crippen LogP contribution is 2.22. The number of nitrogens with zero attached hydrogens (tertiary/aromatic N) is 5. The topological polar surface area (TPSA) is 48.1 Å². The molecule has 22 heavy (non-hydrogen) atoms. The Labute approximate surface area is 131 Å². The monoisotopic (exact) mass is 303 g/mol. The van der Waals surface area contributed by atoms with Crippen LogP contribution in [0.2, 0.25) is 0 Å². The summed E-state index contributed by atoms with van der Waals surface area (Å²) in [6.45, 7) is 8.66. The molecule has 0 bridgehead atoms. The van der Waals surface area contributed by atoms with Gasteiger partial charge in [0.05, 0.1) is 18.8 Å². The molecule has 1 aliphatic rings. The van der Waals surface area contributed by atoms with Gasteiger partial charge < -0.3 is 13.9 Å². The molecular formula is C16H25N5O. The van der Waals surface area contributed by atoms with Gasteiger partial charge in [-0.15, -0.1) is 0 Å². The molecule has 6 heteroatoms. The third-order valence-corrected chi connectivity index (χ3v) is 4.10. The van der Waals surface area contributed by atoms with Crippen molar-refractivity contribution in [2.45, 2.75) is 39.5 Å². The van der Waals surface area contributed by atoms with E-state index in [1.165, 1.54) is 0 Å². The number of aromatic nitrogens is 4. The van der Waals surface area contributed by atoms with Crippen LogP contribution >= 0.6 is 0 Å². The van der Waals surface area contributed by atoms with E-state index >= 15 is 0 Å². The van der Waals surface area contributed by atoms with Crippen molar-refractivity contribution in [3.05, 3.63) is 35.9 Å². The highest BCUT2D eigenvalue weighted by molar-refractivity contribution is 5.06. The van der Waals surface area contributed by atoms with Crippen molar-refractivity contribution in [1.29, 1.82) is 0 Å². The molecule has 3 heterocycles. The summed E-state index contributed by atoms with van der Waals surface area (Å²) < 4.78 is 10.2. The van der Waals surface area contributed by atoms with E-state index < -0.39 is 0 Å². The summed E-state index contributed by atoms with van der Waals surface area (Å²) in [7, 11) is 2.03. The van der Waals surface area contributed by atoms with Gasteiger partial charge in [0.15, 0.2) is 0 Å². The van der Waals surface area contributed by atoms with Crippen LogP contribution < -0.4 is 0 Å². The molecule has 2 aromatic heterocycles. The Bertz CT molecular complexity index is 618. The van der Waals surface area contributed by atoms with E-state index in [4.69, 9.17) is 4.74 Å². The fourth-order valence-electron chi connectivity index (χ4n) is 3.07. The van der Waals surface area contributed by atoms with E-state index in [0.717, 1.165) is 56.5 Å². The Balaban J connectivity index is 1.68.